The molecular formula is C16H20F2N4O3. The quantitative estimate of drug-likeness (QED) is 0.842. The van der Waals surface area contributed by atoms with Crippen LogP contribution < -0.4 is 4.74 Å². The molecule has 9 heteroatoms. The highest BCUT2D eigenvalue weighted by atomic mass is 19.3. The Morgan fingerprint density at radius 3 is 2.84 bits per heavy atom. The Morgan fingerprint density at radius 2 is 2.20 bits per heavy atom. The lowest BCUT2D eigenvalue weighted by Crippen LogP contribution is -2.58. The Labute approximate surface area is 143 Å². The van der Waals surface area contributed by atoms with Crippen molar-refractivity contribution in [3.05, 3.63) is 23.5 Å². The Hall–Kier alpha value is -2.29. The maximum atomic E-state index is 13.4. The van der Waals surface area contributed by atoms with Crippen LogP contribution in [0.3, 0.4) is 0 Å². The van der Waals surface area contributed by atoms with Crippen LogP contribution >= 0.6 is 0 Å². The molecule has 25 heavy (non-hydrogen) atoms. The van der Waals surface area contributed by atoms with Gasteiger partial charge in [-0.25, -0.2) is 18.3 Å². The SMILES string of the molecule is COc1ccc2nc(C)c(C(=O)N3CC(C)OC(C)(C(F)F)C3)n2n1. The zero-order valence-electron chi connectivity index (χ0n) is 14.5. The van der Waals surface area contributed by atoms with Crippen molar-refractivity contribution in [2.45, 2.75) is 38.9 Å². The normalized spacial score (nSPS) is 24.1. The van der Waals surface area contributed by atoms with Crippen LogP contribution in [0.2, 0.25) is 0 Å². The number of alkyl halides is 2. The van der Waals surface area contributed by atoms with Crippen LogP contribution in [0.25, 0.3) is 5.65 Å². The van der Waals surface area contributed by atoms with Gasteiger partial charge in [0.2, 0.25) is 5.88 Å². The van der Waals surface area contributed by atoms with Gasteiger partial charge in [0.05, 0.1) is 25.5 Å². The van der Waals surface area contributed by atoms with E-state index in [1.54, 1.807) is 26.0 Å². The van der Waals surface area contributed by atoms with Gasteiger partial charge >= 0.3 is 0 Å². The van der Waals surface area contributed by atoms with Gasteiger partial charge in [0, 0.05) is 12.6 Å². The third-order valence-corrected chi connectivity index (χ3v) is 4.24. The molecule has 3 heterocycles. The van der Waals surface area contributed by atoms with Crippen molar-refractivity contribution in [3.8, 4) is 5.88 Å². The van der Waals surface area contributed by atoms with Gasteiger partial charge in [0.15, 0.2) is 11.3 Å². The van der Waals surface area contributed by atoms with E-state index in [9.17, 15) is 13.6 Å². The maximum absolute atomic E-state index is 13.4. The van der Waals surface area contributed by atoms with Gasteiger partial charge in [-0.2, -0.15) is 0 Å². The first-order valence-electron chi connectivity index (χ1n) is 7.91. The summed E-state index contributed by atoms with van der Waals surface area (Å²) in [6.07, 6.45) is -3.20. The first kappa shape index (κ1) is 17.5. The summed E-state index contributed by atoms with van der Waals surface area (Å²) in [6, 6.07) is 3.32. The molecule has 0 N–H and O–H groups in total. The number of halogens is 2. The topological polar surface area (TPSA) is 69.0 Å². The van der Waals surface area contributed by atoms with E-state index < -0.39 is 24.0 Å². The minimum absolute atomic E-state index is 0.204. The molecule has 0 aliphatic carbocycles. The van der Waals surface area contributed by atoms with Gasteiger partial charge in [0.25, 0.3) is 12.3 Å². The zero-order chi connectivity index (χ0) is 18.4. The number of ether oxygens (including phenoxy) is 2. The molecule has 1 fully saturated rings. The average Bonchev–Trinajstić information content (AvgIpc) is 2.87. The standard InChI is InChI=1S/C16H20F2N4O3/c1-9-7-21(8-16(3,25-9)15(17)18)14(23)13-10(2)19-11-5-6-12(24-4)20-22(11)13/h5-6,9,15H,7-8H2,1-4H3. The van der Waals surface area contributed by atoms with Crippen LogP contribution in [0.15, 0.2) is 12.1 Å². The predicted molar refractivity (Wildman–Crippen MR) is 85.1 cm³/mol. The number of carbonyl (C=O) groups is 1. The van der Waals surface area contributed by atoms with E-state index in [0.29, 0.717) is 17.2 Å². The largest absolute Gasteiger partial charge is 0.480 e. The van der Waals surface area contributed by atoms with Crippen molar-refractivity contribution < 1.29 is 23.0 Å². The number of fused-ring (bicyclic) bond motifs is 1. The number of hydrogen-bond acceptors (Lipinski definition) is 5. The van der Waals surface area contributed by atoms with Crippen molar-refractivity contribution in [2.24, 2.45) is 0 Å². The van der Waals surface area contributed by atoms with Crippen molar-refractivity contribution in [1.82, 2.24) is 19.5 Å². The number of hydrogen-bond donors (Lipinski definition) is 0. The number of aryl methyl sites for hydroxylation is 1. The Bertz CT molecular complexity index is 810. The summed E-state index contributed by atoms with van der Waals surface area (Å²) >= 11 is 0. The molecule has 2 aromatic rings. The molecule has 1 aliphatic heterocycles. The average molecular weight is 354 g/mol. The van der Waals surface area contributed by atoms with Gasteiger partial charge in [0.1, 0.15) is 5.60 Å². The Morgan fingerprint density at radius 1 is 1.48 bits per heavy atom. The van der Waals surface area contributed by atoms with Crippen molar-refractivity contribution in [2.75, 3.05) is 20.2 Å². The van der Waals surface area contributed by atoms with Gasteiger partial charge in [-0.15, -0.1) is 5.10 Å². The summed E-state index contributed by atoms with van der Waals surface area (Å²) < 4.78 is 38.6. The first-order chi connectivity index (χ1) is 11.7. The summed E-state index contributed by atoms with van der Waals surface area (Å²) in [7, 11) is 1.47. The van der Waals surface area contributed by atoms with Gasteiger partial charge in [-0.1, -0.05) is 0 Å². The summed E-state index contributed by atoms with van der Waals surface area (Å²) in [5, 5.41) is 4.23. The fraction of sp³-hybridized carbons (Fsp3) is 0.562. The highest BCUT2D eigenvalue weighted by Crippen LogP contribution is 2.29. The number of methoxy groups -OCH3 is 1. The lowest BCUT2D eigenvalue weighted by Gasteiger charge is -2.42. The smallest absolute Gasteiger partial charge is 0.274 e. The van der Waals surface area contributed by atoms with E-state index >= 15 is 0 Å². The number of amides is 1. The van der Waals surface area contributed by atoms with E-state index in [2.05, 4.69) is 10.1 Å². The first-order valence-corrected chi connectivity index (χ1v) is 7.91. The number of morpholine rings is 1. The van der Waals surface area contributed by atoms with E-state index in [1.807, 2.05) is 0 Å². The molecule has 0 spiro atoms. The maximum Gasteiger partial charge on any atom is 0.274 e. The van der Waals surface area contributed by atoms with Crippen LogP contribution in [0.4, 0.5) is 8.78 Å². The third kappa shape index (κ3) is 3.04. The number of nitrogens with zero attached hydrogens (tertiary/aromatic N) is 4. The second-order valence-corrected chi connectivity index (χ2v) is 6.42. The van der Waals surface area contributed by atoms with Crippen molar-refractivity contribution in [1.29, 1.82) is 0 Å². The monoisotopic (exact) mass is 354 g/mol. The summed E-state index contributed by atoms with van der Waals surface area (Å²) in [5.41, 5.74) is -0.504. The van der Waals surface area contributed by atoms with E-state index in [-0.39, 0.29) is 18.8 Å². The van der Waals surface area contributed by atoms with Gasteiger partial charge < -0.3 is 14.4 Å². The highest BCUT2D eigenvalue weighted by Gasteiger charge is 2.45. The lowest BCUT2D eigenvalue weighted by atomic mass is 10.0. The molecular weight excluding hydrogens is 334 g/mol. The lowest BCUT2D eigenvalue weighted by molar-refractivity contribution is -0.191. The molecule has 1 aliphatic rings. The molecule has 3 rings (SSSR count). The van der Waals surface area contributed by atoms with Crippen LogP contribution in [-0.4, -0.2) is 63.7 Å². The molecule has 136 valence electrons. The molecule has 7 nitrogen and oxygen atoms in total. The number of carbonyl (C=O) groups excluding carboxylic acids is 1. The predicted octanol–water partition coefficient (Wildman–Crippen LogP) is 1.93. The van der Waals surface area contributed by atoms with Crippen LogP contribution in [0.1, 0.15) is 30.0 Å². The second-order valence-electron chi connectivity index (χ2n) is 6.42. The molecule has 0 radical (unpaired) electrons. The molecule has 0 bridgehead atoms. The molecule has 0 aromatic carbocycles. The molecule has 2 unspecified atom stereocenters. The van der Waals surface area contributed by atoms with Crippen LogP contribution in [-0.2, 0) is 4.74 Å². The molecule has 0 saturated carbocycles. The molecule has 2 atom stereocenters. The minimum atomic E-state index is -2.70. The van der Waals surface area contributed by atoms with Crippen molar-refractivity contribution >= 4 is 11.6 Å². The molecule has 1 amide bonds. The van der Waals surface area contributed by atoms with Crippen LogP contribution in [0.5, 0.6) is 5.88 Å². The fourth-order valence-corrected chi connectivity index (χ4v) is 3.09. The third-order valence-electron chi connectivity index (χ3n) is 4.24. The molecule has 1 saturated heterocycles. The summed E-state index contributed by atoms with van der Waals surface area (Å²) in [6.45, 7) is 4.69. The number of rotatable bonds is 3. The van der Waals surface area contributed by atoms with E-state index in [4.69, 9.17) is 9.47 Å². The summed E-state index contributed by atoms with van der Waals surface area (Å²) in [4.78, 5) is 18.7. The van der Waals surface area contributed by atoms with Crippen molar-refractivity contribution in [3.63, 3.8) is 0 Å². The second kappa shape index (κ2) is 6.21. The van der Waals surface area contributed by atoms with Crippen LogP contribution in [0, 0.1) is 6.92 Å². The Kier molecular flexibility index (Phi) is 4.36. The van der Waals surface area contributed by atoms with E-state index in [0.717, 1.165) is 0 Å². The highest BCUT2D eigenvalue weighted by molar-refractivity contribution is 5.94. The summed E-state index contributed by atoms with van der Waals surface area (Å²) in [5.74, 6) is -0.0838. The van der Waals surface area contributed by atoms with Gasteiger partial charge in [-0.3, -0.25) is 4.79 Å². The zero-order valence-corrected chi connectivity index (χ0v) is 14.5. The van der Waals surface area contributed by atoms with E-state index in [1.165, 1.54) is 23.4 Å². The minimum Gasteiger partial charge on any atom is -0.480 e. The van der Waals surface area contributed by atoms with Gasteiger partial charge in [-0.05, 0) is 26.8 Å². The number of aromatic nitrogens is 3. The fourth-order valence-electron chi connectivity index (χ4n) is 3.09. The Balaban J connectivity index is 2.00. The number of imidazole rings is 1. The molecule has 2 aromatic heterocycles.